The molecule has 5 heteroatoms. The third-order valence-corrected chi connectivity index (χ3v) is 2.49. The molecule has 17 heavy (non-hydrogen) atoms. The van der Waals surface area contributed by atoms with Crippen molar-refractivity contribution in [2.75, 3.05) is 12.0 Å². The lowest BCUT2D eigenvalue weighted by molar-refractivity contribution is 0.0953. The first-order valence-electron chi connectivity index (χ1n) is 5.98. The fourth-order valence-corrected chi connectivity index (χ4v) is 1.51. The lowest BCUT2D eigenvalue weighted by Crippen LogP contribution is -2.24. The number of rotatable bonds is 7. The maximum Gasteiger partial charge on any atom is 0.251 e. The number of carbonyl (C=O) groups excluding carboxylic acids is 1. The molecule has 94 valence electrons. The largest absolute Gasteiger partial charge is 0.352 e. The summed E-state index contributed by atoms with van der Waals surface area (Å²) in [5.74, 6) is 5.64. The Labute approximate surface area is 102 Å². The molecule has 0 spiro atoms. The predicted molar refractivity (Wildman–Crippen MR) is 68.5 cm³/mol. The van der Waals surface area contributed by atoms with E-state index in [1.165, 1.54) is 12.8 Å². The molecule has 0 radical (unpaired) electrons. The number of anilines is 1. The van der Waals surface area contributed by atoms with Crippen molar-refractivity contribution >= 4 is 11.7 Å². The van der Waals surface area contributed by atoms with Crippen molar-refractivity contribution < 1.29 is 4.79 Å². The Morgan fingerprint density at radius 2 is 2.24 bits per heavy atom. The lowest BCUT2D eigenvalue weighted by atomic mass is 10.2. The van der Waals surface area contributed by atoms with Crippen LogP contribution in [0.25, 0.3) is 0 Å². The predicted octanol–water partition coefficient (Wildman–Crippen LogP) is 1.68. The van der Waals surface area contributed by atoms with Gasteiger partial charge in [0.2, 0.25) is 0 Å². The molecule has 0 aliphatic carbocycles. The van der Waals surface area contributed by atoms with Gasteiger partial charge < -0.3 is 10.7 Å². The summed E-state index contributed by atoms with van der Waals surface area (Å²) >= 11 is 0. The molecule has 5 nitrogen and oxygen atoms in total. The minimum atomic E-state index is -0.0830. The Morgan fingerprint density at radius 3 is 2.94 bits per heavy atom. The average Bonchev–Trinajstić information content (AvgIpc) is 2.38. The first-order chi connectivity index (χ1) is 8.27. The molecule has 1 aromatic heterocycles. The van der Waals surface area contributed by atoms with Crippen molar-refractivity contribution in [3.63, 3.8) is 0 Å². The monoisotopic (exact) mass is 236 g/mol. The van der Waals surface area contributed by atoms with Gasteiger partial charge in [-0.05, 0) is 18.6 Å². The van der Waals surface area contributed by atoms with Crippen LogP contribution in [0.1, 0.15) is 43.0 Å². The van der Waals surface area contributed by atoms with Crippen molar-refractivity contribution in [1.29, 1.82) is 0 Å². The summed E-state index contributed by atoms with van der Waals surface area (Å²) in [5.41, 5.74) is 2.99. The van der Waals surface area contributed by atoms with Crippen molar-refractivity contribution in [2.24, 2.45) is 5.84 Å². The van der Waals surface area contributed by atoms with E-state index in [0.29, 0.717) is 17.9 Å². The number of nitrogens with one attached hydrogen (secondary N) is 2. The zero-order valence-corrected chi connectivity index (χ0v) is 10.2. The van der Waals surface area contributed by atoms with E-state index in [0.717, 1.165) is 12.8 Å². The number of aromatic nitrogens is 1. The fourth-order valence-electron chi connectivity index (χ4n) is 1.51. The molecular formula is C12H20N4O. The van der Waals surface area contributed by atoms with Gasteiger partial charge in [0.25, 0.3) is 5.91 Å². The Hall–Kier alpha value is -1.62. The van der Waals surface area contributed by atoms with Gasteiger partial charge in [0, 0.05) is 18.3 Å². The second-order valence-corrected chi connectivity index (χ2v) is 3.89. The summed E-state index contributed by atoms with van der Waals surface area (Å²) in [4.78, 5) is 15.7. The highest BCUT2D eigenvalue weighted by atomic mass is 16.1. The van der Waals surface area contributed by atoms with E-state index in [1.54, 1.807) is 18.3 Å². The number of nitrogens with zero attached hydrogens (tertiary/aromatic N) is 1. The van der Waals surface area contributed by atoms with Gasteiger partial charge in [-0.3, -0.25) is 4.79 Å². The minimum Gasteiger partial charge on any atom is -0.352 e. The van der Waals surface area contributed by atoms with Crippen LogP contribution in [-0.4, -0.2) is 17.4 Å². The van der Waals surface area contributed by atoms with E-state index >= 15 is 0 Å². The molecule has 1 heterocycles. The van der Waals surface area contributed by atoms with Crippen LogP contribution in [0.3, 0.4) is 0 Å². The summed E-state index contributed by atoms with van der Waals surface area (Å²) in [7, 11) is 0. The van der Waals surface area contributed by atoms with E-state index in [1.807, 2.05) is 0 Å². The standard InChI is InChI=1S/C12H20N4O/c1-2-3-4-5-7-15-12(17)10-6-8-14-11(9-10)16-13/h6,8-9H,2-5,7,13H2,1H3,(H,14,16)(H,15,17). The van der Waals surface area contributed by atoms with Gasteiger partial charge in [-0.2, -0.15) is 0 Å². The van der Waals surface area contributed by atoms with Crippen LogP contribution in [0, 0.1) is 0 Å². The molecule has 1 rings (SSSR count). The highest BCUT2D eigenvalue weighted by Crippen LogP contribution is 2.05. The average molecular weight is 236 g/mol. The first-order valence-corrected chi connectivity index (χ1v) is 5.98. The Kier molecular flexibility index (Phi) is 6.03. The van der Waals surface area contributed by atoms with Crippen LogP contribution in [0.5, 0.6) is 0 Å². The molecule has 4 N–H and O–H groups in total. The van der Waals surface area contributed by atoms with E-state index in [-0.39, 0.29) is 5.91 Å². The smallest absolute Gasteiger partial charge is 0.251 e. The normalized spacial score (nSPS) is 10.0. The number of hydrogen-bond donors (Lipinski definition) is 3. The molecule has 0 saturated heterocycles. The van der Waals surface area contributed by atoms with Gasteiger partial charge in [-0.25, -0.2) is 10.8 Å². The van der Waals surface area contributed by atoms with Gasteiger partial charge >= 0.3 is 0 Å². The lowest BCUT2D eigenvalue weighted by Gasteiger charge is -2.06. The van der Waals surface area contributed by atoms with Gasteiger partial charge in [0.05, 0.1) is 0 Å². The zero-order valence-electron chi connectivity index (χ0n) is 10.2. The van der Waals surface area contributed by atoms with E-state index < -0.39 is 0 Å². The quantitative estimate of drug-likeness (QED) is 0.382. The molecule has 0 saturated carbocycles. The topological polar surface area (TPSA) is 80.0 Å². The molecule has 0 aromatic carbocycles. The highest BCUT2D eigenvalue weighted by Gasteiger charge is 2.05. The summed E-state index contributed by atoms with van der Waals surface area (Å²) in [5, 5.41) is 2.87. The fraction of sp³-hybridized carbons (Fsp3) is 0.500. The van der Waals surface area contributed by atoms with Crippen LogP contribution in [-0.2, 0) is 0 Å². The van der Waals surface area contributed by atoms with Crippen molar-refractivity contribution in [1.82, 2.24) is 10.3 Å². The summed E-state index contributed by atoms with van der Waals surface area (Å²) < 4.78 is 0. The van der Waals surface area contributed by atoms with Gasteiger partial charge in [-0.15, -0.1) is 0 Å². The SMILES string of the molecule is CCCCCCNC(=O)c1ccnc(NN)c1. The Bertz CT molecular complexity index is 354. The molecule has 0 aliphatic heterocycles. The van der Waals surface area contributed by atoms with Crippen molar-refractivity contribution in [3.8, 4) is 0 Å². The molecule has 0 bridgehead atoms. The van der Waals surface area contributed by atoms with E-state index in [2.05, 4.69) is 22.7 Å². The summed E-state index contributed by atoms with van der Waals surface area (Å²) in [6.45, 7) is 2.88. The molecule has 0 aliphatic rings. The molecule has 0 atom stereocenters. The maximum atomic E-state index is 11.7. The van der Waals surface area contributed by atoms with Gasteiger partial charge in [0.1, 0.15) is 5.82 Å². The maximum absolute atomic E-state index is 11.7. The number of hydrogen-bond acceptors (Lipinski definition) is 4. The van der Waals surface area contributed by atoms with Gasteiger partial charge in [0.15, 0.2) is 0 Å². The minimum absolute atomic E-state index is 0.0830. The van der Waals surface area contributed by atoms with Crippen LogP contribution in [0.4, 0.5) is 5.82 Å². The third-order valence-electron chi connectivity index (χ3n) is 2.49. The van der Waals surface area contributed by atoms with Crippen LogP contribution < -0.4 is 16.6 Å². The first kappa shape index (κ1) is 13.4. The Balaban J connectivity index is 2.36. The van der Waals surface area contributed by atoms with Crippen LogP contribution in [0.2, 0.25) is 0 Å². The Morgan fingerprint density at radius 1 is 1.41 bits per heavy atom. The summed E-state index contributed by atoms with van der Waals surface area (Å²) in [6, 6.07) is 3.30. The molecular weight excluding hydrogens is 216 g/mol. The molecule has 0 unspecified atom stereocenters. The molecule has 1 amide bonds. The summed E-state index contributed by atoms with van der Waals surface area (Å²) in [6.07, 6.45) is 6.15. The van der Waals surface area contributed by atoms with Crippen molar-refractivity contribution in [2.45, 2.75) is 32.6 Å². The number of nitrogen functional groups attached to an aromatic ring is 1. The van der Waals surface area contributed by atoms with Crippen LogP contribution in [0.15, 0.2) is 18.3 Å². The van der Waals surface area contributed by atoms with E-state index in [9.17, 15) is 4.79 Å². The zero-order chi connectivity index (χ0) is 12.5. The van der Waals surface area contributed by atoms with E-state index in [4.69, 9.17) is 5.84 Å². The molecule has 1 aromatic rings. The number of unbranched alkanes of at least 4 members (excludes halogenated alkanes) is 3. The number of carbonyl (C=O) groups is 1. The van der Waals surface area contributed by atoms with Crippen molar-refractivity contribution in [3.05, 3.63) is 23.9 Å². The second kappa shape index (κ2) is 7.62. The number of nitrogens with two attached hydrogens (primary N) is 1. The number of amides is 1. The number of pyridine rings is 1. The number of hydrazine groups is 1. The highest BCUT2D eigenvalue weighted by molar-refractivity contribution is 5.94. The van der Waals surface area contributed by atoms with Gasteiger partial charge in [-0.1, -0.05) is 26.2 Å². The van der Waals surface area contributed by atoms with Crippen LogP contribution >= 0.6 is 0 Å². The second-order valence-electron chi connectivity index (χ2n) is 3.89. The molecule has 0 fully saturated rings. The third kappa shape index (κ3) is 4.82.